The molecule has 0 radical (unpaired) electrons. The van der Waals surface area contributed by atoms with Crippen molar-refractivity contribution in [3.8, 4) is 0 Å². The molecular weight excluding hydrogens is 323 g/mol. The Morgan fingerprint density at radius 2 is 2.00 bits per heavy atom. The average Bonchev–Trinajstić information content (AvgIpc) is 2.50. The molecule has 0 saturated carbocycles. The van der Waals surface area contributed by atoms with E-state index in [-0.39, 0.29) is 11.5 Å². The molecule has 0 aliphatic carbocycles. The van der Waals surface area contributed by atoms with Gasteiger partial charge in [-0.2, -0.15) is 5.10 Å². The number of nitrogens with zero attached hydrogens (tertiary/aromatic N) is 2. The van der Waals surface area contributed by atoms with E-state index in [1.807, 2.05) is 5.43 Å². The summed E-state index contributed by atoms with van der Waals surface area (Å²) in [5.74, 6) is -0.356. The van der Waals surface area contributed by atoms with E-state index in [0.29, 0.717) is 10.5 Å². The molecule has 0 aromatic heterocycles. The van der Waals surface area contributed by atoms with Crippen molar-refractivity contribution in [1.29, 1.82) is 0 Å². The third-order valence-corrected chi connectivity index (χ3v) is 3.72. The van der Waals surface area contributed by atoms with Gasteiger partial charge in [0.25, 0.3) is 5.69 Å². The van der Waals surface area contributed by atoms with Gasteiger partial charge in [0, 0.05) is 27.5 Å². The van der Waals surface area contributed by atoms with Gasteiger partial charge in [0.05, 0.1) is 11.1 Å². The Morgan fingerprint density at radius 1 is 1.30 bits per heavy atom. The van der Waals surface area contributed by atoms with Crippen molar-refractivity contribution in [2.75, 3.05) is 0 Å². The fourth-order valence-corrected chi connectivity index (χ4v) is 2.53. The first-order valence-corrected chi connectivity index (χ1v) is 7.08. The van der Waals surface area contributed by atoms with E-state index < -0.39 is 11.0 Å². The van der Waals surface area contributed by atoms with Crippen LogP contribution in [0.15, 0.2) is 57.4 Å². The summed E-state index contributed by atoms with van der Waals surface area (Å²) >= 11 is 1.28. The second-order valence-corrected chi connectivity index (χ2v) is 5.38. The van der Waals surface area contributed by atoms with E-state index in [4.69, 9.17) is 5.73 Å². The van der Waals surface area contributed by atoms with Crippen molar-refractivity contribution in [2.45, 2.75) is 9.79 Å². The molecule has 0 unspecified atom stereocenters. The number of hydrogen-bond donors (Lipinski definition) is 2. The number of hydrogen-bond acceptors (Lipinski definition) is 5. The number of halogens is 1. The Bertz CT molecular complexity index is 765. The number of primary amides is 1. The smallest absolute Gasteiger partial charge is 0.332 e. The molecule has 0 aliphatic rings. The molecule has 2 aromatic rings. The molecule has 2 rings (SSSR count). The molecule has 0 spiro atoms. The molecule has 3 N–H and O–H groups in total. The Morgan fingerprint density at radius 3 is 2.61 bits per heavy atom. The van der Waals surface area contributed by atoms with E-state index in [9.17, 15) is 19.3 Å². The molecule has 0 bridgehead atoms. The summed E-state index contributed by atoms with van der Waals surface area (Å²) < 4.78 is 12.9. The Hall–Kier alpha value is -2.94. The van der Waals surface area contributed by atoms with E-state index in [1.54, 1.807) is 18.2 Å². The van der Waals surface area contributed by atoms with Crippen LogP contribution in [0.2, 0.25) is 0 Å². The summed E-state index contributed by atoms with van der Waals surface area (Å²) in [5.41, 5.74) is 7.22. The SMILES string of the molecule is NC(=O)NN=Cc1cc([N+](=O)[O-])ccc1Sc1ccc(F)cc1. The van der Waals surface area contributed by atoms with E-state index in [0.717, 1.165) is 4.90 Å². The normalized spacial score (nSPS) is 10.7. The molecule has 9 heteroatoms. The first-order chi connectivity index (χ1) is 11.0. The largest absolute Gasteiger partial charge is 0.350 e. The van der Waals surface area contributed by atoms with Crippen LogP contribution in [-0.2, 0) is 0 Å². The molecule has 0 aliphatic heterocycles. The Balaban J connectivity index is 2.32. The van der Waals surface area contributed by atoms with Crippen LogP contribution in [-0.4, -0.2) is 17.2 Å². The highest BCUT2D eigenvalue weighted by Gasteiger charge is 2.11. The van der Waals surface area contributed by atoms with Crippen LogP contribution in [0.25, 0.3) is 0 Å². The molecule has 2 amide bonds. The highest BCUT2D eigenvalue weighted by atomic mass is 32.2. The van der Waals surface area contributed by atoms with Gasteiger partial charge in [0.2, 0.25) is 0 Å². The summed E-state index contributed by atoms with van der Waals surface area (Å²) in [6.45, 7) is 0. The van der Waals surface area contributed by atoms with E-state index in [1.165, 1.54) is 42.2 Å². The number of hydrazone groups is 1. The number of nitrogens with two attached hydrogens (primary N) is 1. The number of rotatable bonds is 5. The van der Waals surface area contributed by atoms with Gasteiger partial charge in [-0.25, -0.2) is 14.6 Å². The maximum Gasteiger partial charge on any atom is 0.332 e. The van der Waals surface area contributed by atoms with Crippen molar-refractivity contribution in [3.63, 3.8) is 0 Å². The van der Waals surface area contributed by atoms with Gasteiger partial charge in [0.15, 0.2) is 0 Å². The second-order valence-electron chi connectivity index (χ2n) is 4.27. The lowest BCUT2D eigenvalue weighted by Crippen LogP contribution is -2.24. The zero-order valence-corrected chi connectivity index (χ0v) is 12.4. The van der Waals surface area contributed by atoms with Crippen LogP contribution >= 0.6 is 11.8 Å². The van der Waals surface area contributed by atoms with E-state index in [2.05, 4.69) is 5.10 Å². The summed E-state index contributed by atoms with van der Waals surface area (Å²) in [7, 11) is 0. The van der Waals surface area contributed by atoms with Crippen molar-refractivity contribution in [2.24, 2.45) is 10.8 Å². The lowest BCUT2D eigenvalue weighted by atomic mass is 10.2. The maximum absolute atomic E-state index is 12.9. The maximum atomic E-state index is 12.9. The number of amides is 2. The number of urea groups is 1. The number of carbonyl (C=O) groups excluding carboxylic acids is 1. The summed E-state index contributed by atoms with van der Waals surface area (Å²) in [6.07, 6.45) is 1.25. The molecule has 0 fully saturated rings. The predicted octanol–water partition coefficient (Wildman–Crippen LogP) is 2.89. The molecule has 0 saturated heterocycles. The second kappa shape index (κ2) is 7.36. The van der Waals surface area contributed by atoms with Crippen LogP contribution < -0.4 is 11.2 Å². The van der Waals surface area contributed by atoms with Crippen molar-refractivity contribution < 1.29 is 14.1 Å². The summed E-state index contributed by atoms with van der Waals surface area (Å²) in [6, 6.07) is 9.18. The number of nitro groups is 1. The third kappa shape index (κ3) is 4.78. The molecular formula is C14H11FN4O3S. The number of nitro benzene ring substituents is 1. The summed E-state index contributed by atoms with van der Waals surface area (Å²) in [5, 5.41) is 14.5. The lowest BCUT2D eigenvalue weighted by molar-refractivity contribution is -0.384. The lowest BCUT2D eigenvalue weighted by Gasteiger charge is -2.06. The fraction of sp³-hybridized carbons (Fsp3) is 0. The van der Waals surface area contributed by atoms with Crippen molar-refractivity contribution in [1.82, 2.24) is 5.43 Å². The van der Waals surface area contributed by atoms with Gasteiger partial charge in [0.1, 0.15) is 5.82 Å². The number of non-ortho nitro benzene ring substituents is 1. The molecule has 0 atom stereocenters. The molecule has 118 valence electrons. The van der Waals surface area contributed by atoms with Crippen LogP contribution in [0.1, 0.15) is 5.56 Å². The first kappa shape index (κ1) is 16.4. The van der Waals surface area contributed by atoms with Crippen LogP contribution in [0.5, 0.6) is 0 Å². The zero-order chi connectivity index (χ0) is 16.8. The monoisotopic (exact) mass is 334 g/mol. The van der Waals surface area contributed by atoms with Crippen LogP contribution in [0.4, 0.5) is 14.9 Å². The topological polar surface area (TPSA) is 111 Å². The standard InChI is InChI=1S/C14H11FN4O3S/c15-10-1-4-12(5-2-10)23-13-6-3-11(19(21)22)7-9(13)8-17-18-14(16)20/h1-8H,(H3,16,18,20). The molecule has 2 aromatic carbocycles. The summed E-state index contributed by atoms with van der Waals surface area (Å²) in [4.78, 5) is 22.3. The number of benzene rings is 2. The quantitative estimate of drug-likeness (QED) is 0.497. The zero-order valence-electron chi connectivity index (χ0n) is 11.6. The van der Waals surface area contributed by atoms with Gasteiger partial charge in [-0.05, 0) is 30.3 Å². The van der Waals surface area contributed by atoms with Gasteiger partial charge in [-0.15, -0.1) is 0 Å². The van der Waals surface area contributed by atoms with Crippen molar-refractivity contribution >= 4 is 29.7 Å². The first-order valence-electron chi connectivity index (χ1n) is 6.26. The Kier molecular flexibility index (Phi) is 5.26. The minimum absolute atomic E-state index is 0.117. The molecule has 0 heterocycles. The minimum atomic E-state index is -0.848. The number of nitrogens with one attached hydrogen (secondary N) is 1. The van der Waals surface area contributed by atoms with Gasteiger partial charge in [-0.3, -0.25) is 10.1 Å². The fourth-order valence-electron chi connectivity index (χ4n) is 1.64. The number of carbonyl (C=O) groups is 1. The highest BCUT2D eigenvalue weighted by Crippen LogP contribution is 2.31. The third-order valence-electron chi connectivity index (χ3n) is 2.62. The van der Waals surface area contributed by atoms with Crippen LogP contribution in [0, 0.1) is 15.9 Å². The van der Waals surface area contributed by atoms with Crippen LogP contribution in [0.3, 0.4) is 0 Å². The average molecular weight is 334 g/mol. The predicted molar refractivity (Wildman–Crippen MR) is 83.9 cm³/mol. The highest BCUT2D eigenvalue weighted by molar-refractivity contribution is 7.99. The van der Waals surface area contributed by atoms with Gasteiger partial charge in [-0.1, -0.05) is 11.8 Å². The van der Waals surface area contributed by atoms with Gasteiger partial charge < -0.3 is 5.73 Å². The minimum Gasteiger partial charge on any atom is -0.350 e. The van der Waals surface area contributed by atoms with Gasteiger partial charge >= 0.3 is 6.03 Å². The molecule has 23 heavy (non-hydrogen) atoms. The Labute approximate surface area is 134 Å². The molecule has 7 nitrogen and oxygen atoms in total. The van der Waals surface area contributed by atoms with Crippen molar-refractivity contribution in [3.05, 3.63) is 64.0 Å². The van der Waals surface area contributed by atoms with E-state index >= 15 is 0 Å².